The number of fused-ring (bicyclic) bond motifs is 9. The van der Waals surface area contributed by atoms with Crippen molar-refractivity contribution < 1.29 is 4.42 Å². The van der Waals surface area contributed by atoms with E-state index in [0.717, 1.165) is 99.0 Å². The molecule has 13 aromatic rings. The summed E-state index contributed by atoms with van der Waals surface area (Å²) in [5.41, 5.74) is 11.8. The van der Waals surface area contributed by atoms with Crippen LogP contribution in [0, 0.1) is 0 Å². The molecule has 0 saturated carbocycles. The zero-order chi connectivity index (χ0) is 41.4. The number of oxazole rings is 1. The van der Waals surface area contributed by atoms with Gasteiger partial charge in [0.25, 0.3) is 0 Å². The Morgan fingerprint density at radius 3 is 1.57 bits per heavy atom. The molecule has 4 aromatic heterocycles. The Balaban J connectivity index is 1.09. The number of rotatable bonds is 6. The van der Waals surface area contributed by atoms with Gasteiger partial charge in [-0.05, 0) is 76.5 Å². The maximum absolute atomic E-state index is 6.17. The van der Waals surface area contributed by atoms with E-state index in [-0.39, 0.29) is 0 Å². The van der Waals surface area contributed by atoms with E-state index in [4.69, 9.17) is 24.4 Å². The van der Waals surface area contributed by atoms with Crippen LogP contribution in [0.2, 0.25) is 0 Å². The molecule has 0 fully saturated rings. The van der Waals surface area contributed by atoms with Gasteiger partial charge in [-0.15, -0.1) is 0 Å². The van der Waals surface area contributed by atoms with Crippen LogP contribution in [0.15, 0.2) is 211 Å². The van der Waals surface area contributed by atoms with Crippen LogP contribution in [-0.2, 0) is 0 Å². The van der Waals surface area contributed by atoms with Crippen molar-refractivity contribution in [3.63, 3.8) is 0 Å². The maximum Gasteiger partial charge on any atom is 0.238 e. The Hall–Kier alpha value is -8.68. The highest BCUT2D eigenvalue weighted by Gasteiger charge is 2.24. The predicted octanol–water partition coefficient (Wildman–Crippen LogP) is 14.0. The lowest BCUT2D eigenvalue weighted by molar-refractivity contribution is 0.620. The molecule has 4 heterocycles. The molecule has 0 atom stereocenters. The van der Waals surface area contributed by atoms with Gasteiger partial charge in [0.2, 0.25) is 11.8 Å². The molecule has 63 heavy (non-hydrogen) atoms. The van der Waals surface area contributed by atoms with Crippen molar-refractivity contribution in [1.29, 1.82) is 0 Å². The molecule has 7 heteroatoms. The monoisotopic (exact) mass is 806 g/mol. The van der Waals surface area contributed by atoms with Crippen molar-refractivity contribution in [2.24, 2.45) is 0 Å². The molecule has 0 radical (unpaired) electrons. The molecule has 9 aromatic carbocycles. The molecule has 13 rings (SSSR count). The molecule has 7 nitrogen and oxygen atoms in total. The fourth-order valence-electron chi connectivity index (χ4n) is 9.39. The van der Waals surface area contributed by atoms with Gasteiger partial charge >= 0.3 is 0 Å². The quantitative estimate of drug-likeness (QED) is 0.167. The Kier molecular flexibility index (Phi) is 7.77. The molecule has 0 N–H and O–H groups in total. The zero-order valence-corrected chi connectivity index (χ0v) is 33.7. The fourth-order valence-corrected chi connectivity index (χ4v) is 9.39. The molecule has 0 saturated heterocycles. The highest BCUT2D eigenvalue weighted by Crippen LogP contribution is 2.42. The van der Waals surface area contributed by atoms with E-state index in [9.17, 15) is 0 Å². The highest BCUT2D eigenvalue weighted by atomic mass is 16.3. The summed E-state index contributed by atoms with van der Waals surface area (Å²) in [4.78, 5) is 20.9. The van der Waals surface area contributed by atoms with Crippen molar-refractivity contribution in [3.05, 3.63) is 206 Å². The summed E-state index contributed by atoms with van der Waals surface area (Å²) in [6, 6.07) is 71.6. The smallest absolute Gasteiger partial charge is 0.238 e. The zero-order valence-electron chi connectivity index (χ0n) is 33.7. The summed E-state index contributed by atoms with van der Waals surface area (Å²) < 4.78 is 10.8. The first-order valence-electron chi connectivity index (χ1n) is 21.1. The molecular weight excluding hydrogens is 773 g/mol. The van der Waals surface area contributed by atoms with Crippen molar-refractivity contribution in [2.45, 2.75) is 0 Å². The van der Waals surface area contributed by atoms with Crippen LogP contribution in [0.3, 0.4) is 0 Å². The highest BCUT2D eigenvalue weighted by molar-refractivity contribution is 6.23. The topological polar surface area (TPSA) is 74.6 Å². The van der Waals surface area contributed by atoms with Gasteiger partial charge in [0, 0.05) is 43.9 Å². The number of aromatic nitrogens is 6. The third kappa shape index (κ3) is 5.53. The second kappa shape index (κ2) is 13.9. The van der Waals surface area contributed by atoms with Crippen LogP contribution in [0.4, 0.5) is 0 Å². The number of hydrogen-bond donors (Lipinski definition) is 0. The van der Waals surface area contributed by atoms with Gasteiger partial charge in [-0.3, -0.25) is 4.57 Å². The van der Waals surface area contributed by atoms with Crippen LogP contribution in [0.5, 0.6) is 0 Å². The Morgan fingerprint density at radius 2 is 0.873 bits per heavy atom. The first-order chi connectivity index (χ1) is 31.2. The van der Waals surface area contributed by atoms with Gasteiger partial charge in [0.05, 0.1) is 22.1 Å². The van der Waals surface area contributed by atoms with Gasteiger partial charge in [0.1, 0.15) is 5.52 Å². The molecule has 294 valence electrons. The lowest BCUT2D eigenvalue weighted by atomic mass is 9.95. The average Bonchev–Trinajstić information content (AvgIpc) is 4.05. The summed E-state index contributed by atoms with van der Waals surface area (Å²) >= 11 is 0. The van der Waals surface area contributed by atoms with Crippen LogP contribution in [-0.4, -0.2) is 29.1 Å². The van der Waals surface area contributed by atoms with Crippen LogP contribution >= 0.6 is 0 Å². The molecule has 0 amide bonds. The van der Waals surface area contributed by atoms with E-state index in [1.807, 2.05) is 42.5 Å². The van der Waals surface area contributed by atoms with Gasteiger partial charge in [-0.2, -0.15) is 9.97 Å². The second-order valence-corrected chi connectivity index (χ2v) is 15.8. The van der Waals surface area contributed by atoms with Crippen LogP contribution in [0.25, 0.3) is 122 Å². The second-order valence-electron chi connectivity index (χ2n) is 15.8. The van der Waals surface area contributed by atoms with Crippen molar-refractivity contribution >= 4 is 65.5 Å². The fraction of sp³-hybridized carbons (Fsp3) is 0. The Labute approximate surface area is 360 Å². The van der Waals surface area contributed by atoms with Crippen molar-refractivity contribution in [3.8, 4) is 57.0 Å². The molecule has 0 unspecified atom stereocenters. The third-order valence-electron chi connectivity index (χ3n) is 12.2. The number of para-hydroxylation sites is 4. The third-order valence-corrected chi connectivity index (χ3v) is 12.2. The standard InChI is InChI=1S/C56H34N6O/c1-3-15-35(16-4-1)39-31-34-46(41-20-8-7-19-40(39)41)54-58-53(36-17-5-2-6-18-36)59-56(60-54)62-49-25-13-10-22-43(49)45-33-32-44-42-21-9-12-24-48(42)61(51(44)52(45)62)38-29-27-37(28-30-38)55-57-47-23-11-14-26-50(47)63-55/h1-34H. The number of nitrogens with zero attached hydrogens (tertiary/aromatic N) is 6. The molecular formula is C56H34N6O. The molecule has 0 aliphatic rings. The largest absolute Gasteiger partial charge is 0.436 e. The molecule has 0 bridgehead atoms. The summed E-state index contributed by atoms with van der Waals surface area (Å²) in [5.74, 6) is 2.33. The summed E-state index contributed by atoms with van der Waals surface area (Å²) in [5, 5.41) is 6.70. The molecule has 0 aliphatic heterocycles. The van der Waals surface area contributed by atoms with E-state index in [1.165, 1.54) is 0 Å². The minimum Gasteiger partial charge on any atom is -0.436 e. The van der Waals surface area contributed by atoms with E-state index in [2.05, 4.69) is 173 Å². The first-order valence-corrected chi connectivity index (χ1v) is 21.1. The summed E-state index contributed by atoms with van der Waals surface area (Å²) in [6.07, 6.45) is 0. The van der Waals surface area contributed by atoms with E-state index < -0.39 is 0 Å². The van der Waals surface area contributed by atoms with Crippen molar-refractivity contribution in [1.82, 2.24) is 29.1 Å². The predicted molar refractivity (Wildman–Crippen MR) is 255 cm³/mol. The minimum absolute atomic E-state index is 0.539. The lowest BCUT2D eigenvalue weighted by Crippen LogP contribution is -2.07. The molecule has 0 spiro atoms. The SMILES string of the molecule is c1ccc(-c2nc(-c3ccc(-c4ccccc4)c4ccccc34)nc(-n3c4ccccc4c4ccc5c6ccccc6n(-c6ccc(-c7nc8ccccc8o7)cc6)c5c43)n2)cc1. The van der Waals surface area contributed by atoms with Crippen LogP contribution < -0.4 is 0 Å². The maximum atomic E-state index is 6.17. The number of benzene rings is 9. The van der Waals surface area contributed by atoms with Gasteiger partial charge in [-0.1, -0.05) is 152 Å². The van der Waals surface area contributed by atoms with E-state index in [1.54, 1.807) is 0 Å². The number of hydrogen-bond acceptors (Lipinski definition) is 5. The van der Waals surface area contributed by atoms with Gasteiger partial charge < -0.3 is 8.98 Å². The Morgan fingerprint density at radius 1 is 0.333 bits per heavy atom. The summed E-state index contributed by atoms with van der Waals surface area (Å²) in [7, 11) is 0. The first kappa shape index (κ1) is 35.1. The van der Waals surface area contributed by atoms with Gasteiger partial charge in [-0.25, -0.2) is 9.97 Å². The minimum atomic E-state index is 0.539. The summed E-state index contributed by atoms with van der Waals surface area (Å²) in [6.45, 7) is 0. The average molecular weight is 807 g/mol. The van der Waals surface area contributed by atoms with E-state index in [0.29, 0.717) is 23.5 Å². The van der Waals surface area contributed by atoms with E-state index >= 15 is 0 Å². The van der Waals surface area contributed by atoms with Gasteiger partial charge in [0.15, 0.2) is 17.2 Å². The lowest BCUT2D eigenvalue weighted by Gasteiger charge is -2.15. The van der Waals surface area contributed by atoms with Crippen molar-refractivity contribution in [2.75, 3.05) is 0 Å². The van der Waals surface area contributed by atoms with Crippen LogP contribution in [0.1, 0.15) is 0 Å². The Bertz CT molecular complexity index is 3870. The normalized spacial score (nSPS) is 11.8. The molecule has 0 aliphatic carbocycles.